The Hall–Kier alpha value is -2.33. The molecule has 2 aliphatic rings. The summed E-state index contributed by atoms with van der Waals surface area (Å²) in [5, 5.41) is 10.8. The smallest absolute Gasteiger partial charge is 0.410 e. The largest absolute Gasteiger partial charge is 0.445 e. The molecule has 0 spiro atoms. The van der Waals surface area contributed by atoms with Crippen molar-refractivity contribution >= 4 is 6.09 Å². The van der Waals surface area contributed by atoms with Crippen LogP contribution in [0.5, 0.6) is 0 Å². The number of hydrogen-bond donors (Lipinski definition) is 1. The molecule has 1 saturated carbocycles. The van der Waals surface area contributed by atoms with E-state index in [2.05, 4.69) is 24.3 Å². The van der Waals surface area contributed by atoms with Gasteiger partial charge >= 0.3 is 6.09 Å². The SMILES string of the molecule is CC(C)(O)[C@@H]1[C@H]2C[C@@H](c3ccccc3)[C@H]2CN1C(=O)OCc1ccccc1. The van der Waals surface area contributed by atoms with E-state index < -0.39 is 5.60 Å². The number of nitrogens with zero attached hydrogens (tertiary/aromatic N) is 1. The van der Waals surface area contributed by atoms with E-state index >= 15 is 0 Å². The Kier molecular flexibility index (Phi) is 4.68. The minimum absolute atomic E-state index is 0.203. The molecule has 4 nitrogen and oxygen atoms in total. The molecule has 1 amide bonds. The summed E-state index contributed by atoms with van der Waals surface area (Å²) in [6.45, 7) is 4.50. The lowest BCUT2D eigenvalue weighted by molar-refractivity contribution is -0.0320. The molecule has 0 bridgehead atoms. The van der Waals surface area contributed by atoms with Gasteiger partial charge in [0.15, 0.2) is 0 Å². The zero-order valence-electron chi connectivity index (χ0n) is 15.9. The van der Waals surface area contributed by atoms with E-state index in [-0.39, 0.29) is 18.7 Å². The van der Waals surface area contributed by atoms with Crippen molar-refractivity contribution in [2.45, 2.75) is 44.4 Å². The normalized spacial score (nSPS) is 27.0. The van der Waals surface area contributed by atoms with E-state index in [4.69, 9.17) is 4.74 Å². The maximum absolute atomic E-state index is 12.8. The Labute approximate surface area is 160 Å². The molecular weight excluding hydrogens is 338 g/mol. The highest BCUT2D eigenvalue weighted by Crippen LogP contribution is 2.56. The molecule has 2 aromatic carbocycles. The van der Waals surface area contributed by atoms with E-state index in [1.807, 2.05) is 36.4 Å². The predicted molar refractivity (Wildman–Crippen MR) is 104 cm³/mol. The first-order chi connectivity index (χ1) is 12.9. The molecule has 0 unspecified atom stereocenters. The van der Waals surface area contributed by atoms with Gasteiger partial charge in [-0.1, -0.05) is 60.7 Å². The Morgan fingerprint density at radius 2 is 1.70 bits per heavy atom. The third kappa shape index (κ3) is 3.46. The molecule has 1 N–H and O–H groups in total. The maximum atomic E-state index is 12.8. The van der Waals surface area contributed by atoms with Crippen LogP contribution in [-0.4, -0.2) is 34.3 Å². The lowest BCUT2D eigenvalue weighted by Crippen LogP contribution is -2.52. The number of benzene rings is 2. The topological polar surface area (TPSA) is 49.8 Å². The van der Waals surface area contributed by atoms with Gasteiger partial charge in [-0.25, -0.2) is 4.79 Å². The second-order valence-electron chi connectivity index (χ2n) is 8.37. The van der Waals surface area contributed by atoms with Crippen LogP contribution in [0.25, 0.3) is 0 Å². The van der Waals surface area contributed by atoms with Crippen LogP contribution >= 0.6 is 0 Å². The third-order valence-corrected chi connectivity index (χ3v) is 6.13. The van der Waals surface area contributed by atoms with Gasteiger partial charge in [0, 0.05) is 6.54 Å². The summed E-state index contributed by atoms with van der Waals surface area (Å²) in [5.41, 5.74) is 1.34. The lowest BCUT2D eigenvalue weighted by Gasteiger charge is -2.45. The molecular formula is C23H27NO3. The van der Waals surface area contributed by atoms with Crippen LogP contribution in [0.2, 0.25) is 0 Å². The maximum Gasteiger partial charge on any atom is 0.410 e. The molecule has 27 heavy (non-hydrogen) atoms. The highest BCUT2D eigenvalue weighted by Gasteiger charge is 2.58. The van der Waals surface area contributed by atoms with Crippen molar-refractivity contribution in [3.05, 3.63) is 71.8 Å². The number of ether oxygens (including phenoxy) is 1. The summed E-state index contributed by atoms with van der Waals surface area (Å²) in [6, 6.07) is 20.0. The molecule has 4 rings (SSSR count). The molecule has 0 aromatic heterocycles. The molecule has 142 valence electrons. The van der Waals surface area contributed by atoms with Gasteiger partial charge in [-0.2, -0.15) is 0 Å². The number of aliphatic hydroxyl groups is 1. The fourth-order valence-corrected chi connectivity index (χ4v) is 4.92. The van der Waals surface area contributed by atoms with Crippen molar-refractivity contribution in [1.29, 1.82) is 0 Å². The van der Waals surface area contributed by atoms with Crippen LogP contribution in [0.1, 0.15) is 37.3 Å². The quantitative estimate of drug-likeness (QED) is 0.883. The van der Waals surface area contributed by atoms with Crippen LogP contribution in [0.3, 0.4) is 0 Å². The lowest BCUT2D eigenvalue weighted by atomic mass is 9.60. The summed E-state index contributed by atoms with van der Waals surface area (Å²) in [6.07, 6.45) is 0.679. The van der Waals surface area contributed by atoms with Crippen LogP contribution in [0.15, 0.2) is 60.7 Å². The number of carbonyl (C=O) groups is 1. The molecule has 0 radical (unpaired) electrons. The summed E-state index contributed by atoms with van der Waals surface area (Å²) in [7, 11) is 0. The first-order valence-corrected chi connectivity index (χ1v) is 9.70. The number of likely N-dealkylation sites (tertiary alicyclic amines) is 1. The fraction of sp³-hybridized carbons (Fsp3) is 0.435. The molecule has 1 aliphatic carbocycles. The van der Waals surface area contributed by atoms with Crippen LogP contribution < -0.4 is 0 Å². The number of rotatable bonds is 4. The van der Waals surface area contributed by atoms with Crippen molar-refractivity contribution < 1.29 is 14.6 Å². The Balaban J connectivity index is 1.48. The average Bonchev–Trinajstić information content (AvgIpc) is 2.95. The van der Waals surface area contributed by atoms with Crippen molar-refractivity contribution in [2.24, 2.45) is 11.8 Å². The molecule has 4 heteroatoms. The van der Waals surface area contributed by atoms with Gasteiger partial charge < -0.3 is 14.7 Å². The zero-order valence-corrected chi connectivity index (χ0v) is 15.9. The minimum atomic E-state index is -0.952. The fourth-order valence-electron chi connectivity index (χ4n) is 4.92. The zero-order chi connectivity index (χ0) is 19.0. The molecule has 1 saturated heterocycles. The first kappa shape index (κ1) is 18.1. The predicted octanol–water partition coefficient (Wildman–Crippen LogP) is 4.20. The van der Waals surface area contributed by atoms with Crippen LogP contribution in [-0.2, 0) is 11.3 Å². The van der Waals surface area contributed by atoms with E-state index in [0.717, 1.165) is 12.0 Å². The van der Waals surface area contributed by atoms with Crippen molar-refractivity contribution in [2.75, 3.05) is 6.54 Å². The van der Waals surface area contributed by atoms with Gasteiger partial charge in [0.2, 0.25) is 0 Å². The summed E-state index contributed by atoms with van der Waals surface area (Å²) in [5.74, 6) is 1.15. The standard InChI is InChI=1S/C23H27NO3/c1-23(2,26)21-19-13-18(17-11-7-4-8-12-17)20(19)14-24(21)22(25)27-15-16-9-5-3-6-10-16/h3-12,18-21,26H,13-15H2,1-2H3/t18-,19-,20+,21-/m0/s1. The van der Waals surface area contributed by atoms with Gasteiger partial charge in [0.05, 0.1) is 11.6 Å². The van der Waals surface area contributed by atoms with E-state index in [1.54, 1.807) is 18.7 Å². The number of amides is 1. The van der Waals surface area contributed by atoms with Gasteiger partial charge in [-0.3, -0.25) is 0 Å². The van der Waals surface area contributed by atoms with Gasteiger partial charge in [0.1, 0.15) is 6.61 Å². The first-order valence-electron chi connectivity index (χ1n) is 9.70. The van der Waals surface area contributed by atoms with Crippen molar-refractivity contribution in [3.63, 3.8) is 0 Å². The minimum Gasteiger partial charge on any atom is -0.445 e. The summed E-state index contributed by atoms with van der Waals surface area (Å²) < 4.78 is 5.58. The van der Waals surface area contributed by atoms with E-state index in [0.29, 0.717) is 24.3 Å². The molecule has 4 atom stereocenters. The number of hydrogen-bond acceptors (Lipinski definition) is 3. The molecule has 2 fully saturated rings. The van der Waals surface area contributed by atoms with Gasteiger partial charge in [-0.05, 0) is 49.1 Å². The second kappa shape index (κ2) is 7.01. The van der Waals surface area contributed by atoms with Crippen LogP contribution in [0.4, 0.5) is 4.79 Å². The van der Waals surface area contributed by atoms with E-state index in [1.165, 1.54) is 5.56 Å². The number of fused-ring (bicyclic) bond motifs is 1. The highest BCUT2D eigenvalue weighted by atomic mass is 16.6. The van der Waals surface area contributed by atoms with E-state index in [9.17, 15) is 9.90 Å². The van der Waals surface area contributed by atoms with Crippen molar-refractivity contribution in [3.8, 4) is 0 Å². The monoisotopic (exact) mass is 365 g/mol. The highest BCUT2D eigenvalue weighted by molar-refractivity contribution is 5.69. The third-order valence-electron chi connectivity index (χ3n) is 6.13. The average molecular weight is 365 g/mol. The molecule has 2 aromatic rings. The van der Waals surface area contributed by atoms with Gasteiger partial charge in [-0.15, -0.1) is 0 Å². The van der Waals surface area contributed by atoms with Crippen molar-refractivity contribution in [1.82, 2.24) is 4.90 Å². The number of carbonyl (C=O) groups excluding carboxylic acids is 1. The van der Waals surface area contributed by atoms with Gasteiger partial charge in [0.25, 0.3) is 0 Å². The molecule has 1 aliphatic heterocycles. The summed E-state index contributed by atoms with van der Waals surface area (Å²) >= 11 is 0. The summed E-state index contributed by atoms with van der Waals surface area (Å²) in [4.78, 5) is 14.6. The Morgan fingerprint density at radius 3 is 2.33 bits per heavy atom. The van der Waals surface area contributed by atoms with Crippen LogP contribution in [0, 0.1) is 11.8 Å². The Morgan fingerprint density at radius 1 is 1.07 bits per heavy atom. The molecule has 1 heterocycles. The Bertz CT molecular complexity index is 784. The second-order valence-corrected chi connectivity index (χ2v) is 8.37.